The molecule has 1 aliphatic heterocycles. The van der Waals surface area contributed by atoms with Crippen LogP contribution in [0.4, 0.5) is 0 Å². The molecule has 1 aliphatic rings. The minimum Gasteiger partial charge on any atom is -0.394 e. The van der Waals surface area contributed by atoms with E-state index in [9.17, 15) is 8.42 Å². The van der Waals surface area contributed by atoms with Crippen LogP contribution in [0.2, 0.25) is 0 Å². The van der Waals surface area contributed by atoms with Crippen LogP contribution in [0.1, 0.15) is 26.7 Å². The third-order valence-electron chi connectivity index (χ3n) is 3.36. The Morgan fingerprint density at radius 1 is 1.53 bits per heavy atom. The van der Waals surface area contributed by atoms with Crippen molar-refractivity contribution >= 4 is 9.84 Å². The number of aliphatic hydroxyl groups is 1. The molecule has 0 radical (unpaired) electrons. The van der Waals surface area contributed by atoms with Crippen LogP contribution in [-0.2, 0) is 9.84 Å². The Morgan fingerprint density at radius 2 is 2.18 bits per heavy atom. The molecule has 5 nitrogen and oxygen atoms in total. The van der Waals surface area contributed by atoms with Gasteiger partial charge in [-0.25, -0.2) is 8.42 Å². The first kappa shape index (κ1) is 14.9. The monoisotopic (exact) mass is 264 g/mol. The van der Waals surface area contributed by atoms with Crippen molar-refractivity contribution in [2.24, 2.45) is 5.73 Å². The Morgan fingerprint density at radius 3 is 2.71 bits per heavy atom. The van der Waals surface area contributed by atoms with Crippen molar-refractivity contribution in [1.82, 2.24) is 4.90 Å². The molecule has 1 saturated heterocycles. The summed E-state index contributed by atoms with van der Waals surface area (Å²) in [5.41, 5.74) is 5.32. The maximum atomic E-state index is 11.4. The zero-order valence-electron chi connectivity index (χ0n) is 10.7. The maximum Gasteiger partial charge on any atom is 0.153 e. The molecule has 6 heteroatoms. The van der Waals surface area contributed by atoms with Gasteiger partial charge in [0, 0.05) is 18.1 Å². The molecular formula is C11H24N2O3S. The third-order valence-corrected chi connectivity index (χ3v) is 5.16. The number of hydrogen-bond donors (Lipinski definition) is 2. The lowest BCUT2D eigenvalue weighted by molar-refractivity contribution is 0.179. The van der Waals surface area contributed by atoms with Crippen LogP contribution < -0.4 is 5.73 Å². The second kappa shape index (κ2) is 5.65. The zero-order chi connectivity index (χ0) is 13.1. The van der Waals surface area contributed by atoms with Crippen LogP contribution in [0.15, 0.2) is 0 Å². The number of sulfone groups is 1. The van der Waals surface area contributed by atoms with Crippen LogP contribution in [-0.4, -0.2) is 61.2 Å². The fraction of sp³-hybridized carbons (Fsp3) is 1.00. The molecule has 0 aromatic carbocycles. The van der Waals surface area contributed by atoms with E-state index in [0.717, 1.165) is 19.4 Å². The summed E-state index contributed by atoms with van der Waals surface area (Å²) < 4.78 is 22.8. The van der Waals surface area contributed by atoms with Crippen LogP contribution in [0, 0.1) is 0 Å². The number of nitrogens with zero attached hydrogens (tertiary/aromatic N) is 1. The van der Waals surface area contributed by atoms with Gasteiger partial charge in [0.25, 0.3) is 0 Å². The molecule has 17 heavy (non-hydrogen) atoms. The molecule has 0 aromatic rings. The van der Waals surface area contributed by atoms with Gasteiger partial charge in [0.1, 0.15) is 0 Å². The maximum absolute atomic E-state index is 11.4. The molecule has 1 fully saturated rings. The Labute approximate surface area is 104 Å². The summed E-state index contributed by atoms with van der Waals surface area (Å²) in [7, 11) is -2.83. The highest BCUT2D eigenvalue weighted by atomic mass is 32.2. The van der Waals surface area contributed by atoms with E-state index in [1.165, 1.54) is 0 Å². The molecule has 0 bridgehead atoms. The minimum atomic E-state index is -2.83. The average molecular weight is 264 g/mol. The molecule has 3 N–H and O–H groups in total. The van der Waals surface area contributed by atoms with Gasteiger partial charge in [-0.1, -0.05) is 0 Å². The summed E-state index contributed by atoms with van der Waals surface area (Å²) >= 11 is 0. The molecule has 2 atom stereocenters. The van der Waals surface area contributed by atoms with Gasteiger partial charge >= 0.3 is 0 Å². The zero-order valence-corrected chi connectivity index (χ0v) is 11.5. The number of rotatable bonds is 5. The third kappa shape index (κ3) is 4.91. The first-order valence-corrected chi connectivity index (χ1v) is 7.92. The van der Waals surface area contributed by atoms with E-state index in [1.807, 2.05) is 13.8 Å². The van der Waals surface area contributed by atoms with E-state index in [-0.39, 0.29) is 24.2 Å². The van der Waals surface area contributed by atoms with Gasteiger partial charge in [-0.05, 0) is 33.2 Å². The van der Waals surface area contributed by atoms with Crippen molar-refractivity contribution in [1.29, 1.82) is 0 Å². The quantitative estimate of drug-likeness (QED) is 0.705. The smallest absolute Gasteiger partial charge is 0.153 e. The number of aliphatic hydroxyl groups excluding tert-OH is 1. The van der Waals surface area contributed by atoms with Crippen molar-refractivity contribution in [3.8, 4) is 0 Å². The molecule has 102 valence electrons. The van der Waals surface area contributed by atoms with Crippen LogP contribution in [0.5, 0.6) is 0 Å². The Hall–Kier alpha value is -0.170. The average Bonchev–Trinajstić information content (AvgIpc) is 2.20. The molecule has 0 saturated carbocycles. The van der Waals surface area contributed by atoms with Gasteiger partial charge in [-0.2, -0.15) is 0 Å². The van der Waals surface area contributed by atoms with E-state index in [4.69, 9.17) is 10.8 Å². The lowest BCUT2D eigenvalue weighted by Crippen LogP contribution is -2.48. The second-order valence-corrected chi connectivity index (χ2v) is 7.64. The normalized spacial score (nSPS) is 28.8. The molecule has 1 heterocycles. The molecule has 0 aliphatic carbocycles. The highest BCUT2D eigenvalue weighted by Gasteiger charge is 2.28. The lowest BCUT2D eigenvalue weighted by atomic mass is 9.98. The van der Waals surface area contributed by atoms with Gasteiger partial charge in [-0.3, -0.25) is 4.90 Å². The van der Waals surface area contributed by atoms with Gasteiger partial charge in [-0.15, -0.1) is 0 Å². The van der Waals surface area contributed by atoms with E-state index in [2.05, 4.69) is 4.90 Å². The van der Waals surface area contributed by atoms with Crippen LogP contribution >= 0.6 is 0 Å². The number of hydrogen-bond acceptors (Lipinski definition) is 5. The molecule has 1 rings (SSSR count). The molecule has 0 spiro atoms. The lowest BCUT2D eigenvalue weighted by Gasteiger charge is -2.33. The van der Waals surface area contributed by atoms with E-state index in [0.29, 0.717) is 6.54 Å². The first-order chi connectivity index (χ1) is 7.76. The summed E-state index contributed by atoms with van der Waals surface area (Å²) in [4.78, 5) is 2.19. The summed E-state index contributed by atoms with van der Waals surface area (Å²) in [5.74, 6) is 0.518. The second-order valence-electron chi connectivity index (χ2n) is 5.42. The highest BCUT2D eigenvalue weighted by Crippen LogP contribution is 2.14. The molecule has 2 unspecified atom stereocenters. The molecule has 0 aromatic heterocycles. The van der Waals surface area contributed by atoms with E-state index < -0.39 is 15.4 Å². The van der Waals surface area contributed by atoms with Crippen LogP contribution in [0.3, 0.4) is 0 Å². The number of nitrogens with two attached hydrogens (primary N) is 1. The fourth-order valence-corrected chi connectivity index (χ4v) is 3.76. The summed E-state index contributed by atoms with van der Waals surface area (Å²) in [6, 6.07) is 0.0897. The van der Waals surface area contributed by atoms with Crippen molar-refractivity contribution < 1.29 is 13.5 Å². The van der Waals surface area contributed by atoms with Gasteiger partial charge < -0.3 is 10.8 Å². The predicted molar refractivity (Wildman–Crippen MR) is 68.6 cm³/mol. The Kier molecular flexibility index (Phi) is 4.95. The van der Waals surface area contributed by atoms with Gasteiger partial charge in [0.15, 0.2) is 9.84 Å². The summed E-state index contributed by atoms with van der Waals surface area (Å²) in [6.07, 6.45) is 1.64. The van der Waals surface area contributed by atoms with Crippen molar-refractivity contribution in [2.75, 3.05) is 31.2 Å². The summed E-state index contributed by atoms with van der Waals surface area (Å²) in [5, 5.41) is 9.03. The van der Waals surface area contributed by atoms with E-state index in [1.54, 1.807) is 0 Å². The summed E-state index contributed by atoms with van der Waals surface area (Å²) in [6.45, 7) is 5.23. The highest BCUT2D eigenvalue weighted by molar-refractivity contribution is 7.91. The van der Waals surface area contributed by atoms with Crippen molar-refractivity contribution in [3.63, 3.8) is 0 Å². The van der Waals surface area contributed by atoms with Crippen LogP contribution in [0.25, 0.3) is 0 Å². The Bertz CT molecular complexity index is 341. The fourth-order valence-electron chi connectivity index (χ4n) is 2.13. The first-order valence-electron chi connectivity index (χ1n) is 6.10. The predicted octanol–water partition coefficient (Wildman–Crippen LogP) is -0.405. The Balaban J connectivity index is 2.34. The van der Waals surface area contributed by atoms with Gasteiger partial charge in [0.05, 0.1) is 18.1 Å². The SMILES string of the molecule is CC1CS(=O)(=O)CCN1CCCC(C)(N)CO. The van der Waals surface area contributed by atoms with Crippen molar-refractivity contribution in [3.05, 3.63) is 0 Å². The van der Waals surface area contributed by atoms with Crippen molar-refractivity contribution in [2.45, 2.75) is 38.3 Å². The standard InChI is InChI=1S/C11H24N2O3S/c1-10-8-17(15,16)7-6-13(10)5-3-4-11(2,12)9-14/h10,14H,3-9,12H2,1-2H3. The molecular weight excluding hydrogens is 240 g/mol. The van der Waals surface area contributed by atoms with E-state index >= 15 is 0 Å². The minimum absolute atomic E-state index is 0.0169. The topological polar surface area (TPSA) is 83.6 Å². The molecule has 0 amide bonds. The largest absolute Gasteiger partial charge is 0.394 e. The van der Waals surface area contributed by atoms with Gasteiger partial charge in [0.2, 0.25) is 0 Å².